The topological polar surface area (TPSA) is 39.1 Å². The Morgan fingerprint density at radius 1 is 1.65 bits per heavy atom. The van der Waals surface area contributed by atoms with Crippen LogP contribution in [0.1, 0.15) is 37.9 Å². The summed E-state index contributed by atoms with van der Waals surface area (Å²) in [6.45, 7) is 3.84. The zero-order valence-electron chi connectivity index (χ0n) is 10.4. The molecule has 96 valence electrons. The predicted octanol–water partition coefficient (Wildman–Crippen LogP) is 2.29. The third kappa shape index (κ3) is 2.81. The highest BCUT2D eigenvalue weighted by Crippen LogP contribution is 2.30. The zero-order chi connectivity index (χ0) is 12.3. The van der Waals surface area contributed by atoms with Gasteiger partial charge in [-0.2, -0.15) is 5.10 Å². The number of aromatic nitrogens is 2. The van der Waals surface area contributed by atoms with Gasteiger partial charge < -0.3 is 10.1 Å². The van der Waals surface area contributed by atoms with Gasteiger partial charge in [0.05, 0.1) is 29.1 Å². The Hall–Kier alpha value is -0.580. The predicted molar refractivity (Wildman–Crippen MR) is 68.2 cm³/mol. The van der Waals surface area contributed by atoms with Crippen LogP contribution in [0.5, 0.6) is 0 Å². The number of halogens is 1. The van der Waals surface area contributed by atoms with Gasteiger partial charge in [-0.05, 0) is 25.8 Å². The smallest absolute Gasteiger partial charge is 0.0835 e. The van der Waals surface area contributed by atoms with Gasteiger partial charge in [-0.1, -0.05) is 18.5 Å². The molecule has 1 N–H and O–H groups in total. The minimum atomic E-state index is 0.139. The van der Waals surface area contributed by atoms with E-state index in [-0.39, 0.29) is 12.1 Å². The molecule has 1 aromatic heterocycles. The molecular formula is C12H20ClN3O. The fraction of sp³-hybridized carbons (Fsp3) is 0.750. The maximum atomic E-state index is 6.22. The Morgan fingerprint density at radius 3 is 3.00 bits per heavy atom. The van der Waals surface area contributed by atoms with Crippen LogP contribution < -0.4 is 5.32 Å². The van der Waals surface area contributed by atoms with Crippen LogP contribution >= 0.6 is 11.6 Å². The first-order valence-electron chi connectivity index (χ1n) is 6.26. The molecule has 1 fully saturated rings. The molecule has 0 saturated carbocycles. The Morgan fingerprint density at radius 2 is 2.47 bits per heavy atom. The van der Waals surface area contributed by atoms with Crippen LogP contribution in [0.4, 0.5) is 0 Å². The van der Waals surface area contributed by atoms with Gasteiger partial charge in [-0.25, -0.2) is 0 Å². The molecule has 1 aliphatic heterocycles. The Bertz CT molecular complexity index is 341. The largest absolute Gasteiger partial charge is 0.376 e. The molecule has 1 saturated heterocycles. The van der Waals surface area contributed by atoms with E-state index >= 15 is 0 Å². The summed E-state index contributed by atoms with van der Waals surface area (Å²) in [6, 6.07) is 0.139. The van der Waals surface area contributed by atoms with Gasteiger partial charge in [-0.15, -0.1) is 0 Å². The van der Waals surface area contributed by atoms with Crippen LogP contribution in [-0.4, -0.2) is 29.0 Å². The monoisotopic (exact) mass is 257 g/mol. The maximum Gasteiger partial charge on any atom is 0.0835 e. The molecular weight excluding hydrogens is 238 g/mol. The van der Waals surface area contributed by atoms with E-state index in [0.29, 0.717) is 5.02 Å². The lowest BCUT2D eigenvalue weighted by Gasteiger charge is -2.31. The molecule has 4 nitrogen and oxygen atoms in total. The summed E-state index contributed by atoms with van der Waals surface area (Å²) in [5, 5.41) is 8.38. The second-order valence-electron chi connectivity index (χ2n) is 4.44. The Kier molecular flexibility index (Phi) is 4.42. The summed E-state index contributed by atoms with van der Waals surface area (Å²) in [5.41, 5.74) is 1.03. The van der Waals surface area contributed by atoms with Crippen LogP contribution in [0.15, 0.2) is 6.20 Å². The van der Waals surface area contributed by atoms with Gasteiger partial charge in [-0.3, -0.25) is 4.68 Å². The number of hydrogen-bond acceptors (Lipinski definition) is 3. The van der Waals surface area contributed by atoms with Crippen LogP contribution in [0.3, 0.4) is 0 Å². The van der Waals surface area contributed by atoms with Gasteiger partial charge in [0, 0.05) is 13.7 Å². The van der Waals surface area contributed by atoms with E-state index < -0.39 is 0 Å². The van der Waals surface area contributed by atoms with Crippen molar-refractivity contribution in [2.75, 3.05) is 13.2 Å². The molecule has 0 bridgehead atoms. The van der Waals surface area contributed by atoms with Crippen molar-refractivity contribution in [3.05, 3.63) is 16.9 Å². The highest BCUT2D eigenvalue weighted by atomic mass is 35.5. The van der Waals surface area contributed by atoms with E-state index in [0.717, 1.165) is 31.7 Å². The third-order valence-electron chi connectivity index (χ3n) is 3.24. The van der Waals surface area contributed by atoms with Crippen molar-refractivity contribution in [3.63, 3.8) is 0 Å². The molecule has 1 aromatic rings. The molecule has 2 heterocycles. The summed E-state index contributed by atoms with van der Waals surface area (Å²) < 4.78 is 7.71. The van der Waals surface area contributed by atoms with E-state index in [9.17, 15) is 0 Å². The molecule has 1 aliphatic rings. The second-order valence-corrected chi connectivity index (χ2v) is 4.85. The summed E-state index contributed by atoms with van der Waals surface area (Å²) in [5.74, 6) is 0. The number of hydrogen-bond donors (Lipinski definition) is 1. The molecule has 0 amide bonds. The van der Waals surface area contributed by atoms with Crippen LogP contribution in [0.25, 0.3) is 0 Å². The molecule has 0 aliphatic carbocycles. The normalized spacial score (nSPS) is 22.6. The lowest BCUT2D eigenvalue weighted by molar-refractivity contribution is -0.00947. The van der Waals surface area contributed by atoms with Crippen LogP contribution in [-0.2, 0) is 11.8 Å². The fourth-order valence-corrected chi connectivity index (χ4v) is 2.71. The van der Waals surface area contributed by atoms with E-state index in [4.69, 9.17) is 16.3 Å². The van der Waals surface area contributed by atoms with Gasteiger partial charge in [0.15, 0.2) is 0 Å². The fourth-order valence-electron chi connectivity index (χ4n) is 2.42. The van der Waals surface area contributed by atoms with Crippen molar-refractivity contribution in [2.24, 2.45) is 7.05 Å². The van der Waals surface area contributed by atoms with Gasteiger partial charge in [0.2, 0.25) is 0 Å². The lowest BCUT2D eigenvalue weighted by atomic mass is 9.99. The number of rotatable bonds is 4. The molecule has 2 atom stereocenters. The Balaban J connectivity index is 2.21. The third-order valence-corrected chi connectivity index (χ3v) is 3.53. The summed E-state index contributed by atoms with van der Waals surface area (Å²) >= 11 is 6.22. The van der Waals surface area contributed by atoms with Crippen molar-refractivity contribution in [1.29, 1.82) is 0 Å². The minimum Gasteiger partial charge on any atom is -0.376 e. The number of nitrogens with one attached hydrogen (secondary N) is 1. The number of aryl methyl sites for hydroxylation is 1. The molecule has 0 radical (unpaired) electrons. The van der Waals surface area contributed by atoms with E-state index in [1.807, 2.05) is 11.7 Å². The summed E-state index contributed by atoms with van der Waals surface area (Å²) in [6.07, 6.45) is 5.37. The standard InChI is InChI=1S/C12H20ClN3O/c1-3-14-11(10-6-4-5-7-17-10)12-9(13)8-15-16(12)2/h8,10-11,14H,3-7H2,1-2H3. The van der Waals surface area contributed by atoms with Crippen molar-refractivity contribution in [2.45, 2.75) is 38.3 Å². The molecule has 17 heavy (non-hydrogen) atoms. The minimum absolute atomic E-state index is 0.139. The quantitative estimate of drug-likeness (QED) is 0.900. The molecule has 2 unspecified atom stereocenters. The number of ether oxygens (including phenoxy) is 1. The molecule has 0 aromatic carbocycles. The maximum absolute atomic E-state index is 6.22. The van der Waals surface area contributed by atoms with Crippen molar-refractivity contribution < 1.29 is 4.74 Å². The zero-order valence-corrected chi connectivity index (χ0v) is 11.2. The highest BCUT2D eigenvalue weighted by molar-refractivity contribution is 6.31. The van der Waals surface area contributed by atoms with Gasteiger partial charge in [0.25, 0.3) is 0 Å². The van der Waals surface area contributed by atoms with Crippen molar-refractivity contribution in [3.8, 4) is 0 Å². The van der Waals surface area contributed by atoms with Crippen LogP contribution in [0.2, 0.25) is 5.02 Å². The first kappa shape index (κ1) is 12.9. The SMILES string of the molecule is CCNC(c1c(Cl)cnn1C)C1CCCCO1. The first-order valence-corrected chi connectivity index (χ1v) is 6.64. The summed E-state index contributed by atoms with van der Waals surface area (Å²) in [4.78, 5) is 0. The number of likely N-dealkylation sites (N-methyl/N-ethyl adjacent to an activating group) is 1. The number of nitrogens with zero attached hydrogens (tertiary/aromatic N) is 2. The van der Waals surface area contributed by atoms with Crippen molar-refractivity contribution >= 4 is 11.6 Å². The second kappa shape index (κ2) is 5.85. The van der Waals surface area contributed by atoms with E-state index in [1.54, 1.807) is 6.20 Å². The summed E-state index contributed by atoms with van der Waals surface area (Å²) in [7, 11) is 1.92. The molecule has 2 rings (SSSR count). The lowest BCUT2D eigenvalue weighted by Crippen LogP contribution is -2.37. The molecule has 5 heteroatoms. The van der Waals surface area contributed by atoms with E-state index in [2.05, 4.69) is 17.3 Å². The molecule has 0 spiro atoms. The Labute approximate surface area is 107 Å². The van der Waals surface area contributed by atoms with Crippen molar-refractivity contribution in [1.82, 2.24) is 15.1 Å². The van der Waals surface area contributed by atoms with Gasteiger partial charge >= 0.3 is 0 Å². The van der Waals surface area contributed by atoms with Crippen LogP contribution in [0, 0.1) is 0 Å². The highest BCUT2D eigenvalue weighted by Gasteiger charge is 2.29. The van der Waals surface area contributed by atoms with Gasteiger partial charge in [0.1, 0.15) is 0 Å². The average Bonchev–Trinajstić information content (AvgIpc) is 2.68. The average molecular weight is 258 g/mol. The first-order chi connectivity index (χ1) is 8.24. The van der Waals surface area contributed by atoms with E-state index in [1.165, 1.54) is 6.42 Å².